The molecule has 12 heteroatoms. The maximum absolute atomic E-state index is 13.8. The molecule has 204 valence electrons. The zero-order valence-electron chi connectivity index (χ0n) is 21.5. The Labute approximate surface area is 228 Å². The lowest BCUT2D eigenvalue weighted by Crippen LogP contribution is -2.54. The average Bonchev–Trinajstić information content (AvgIpc) is 2.83. The van der Waals surface area contributed by atoms with E-state index >= 15 is 0 Å². The number of amides is 2. The molecule has 2 aromatic carbocycles. The second kappa shape index (κ2) is 13.4. The van der Waals surface area contributed by atoms with Crippen molar-refractivity contribution >= 4 is 50.9 Å². The van der Waals surface area contributed by atoms with Gasteiger partial charge < -0.3 is 10.2 Å². The molecule has 2 atom stereocenters. The van der Waals surface area contributed by atoms with E-state index in [1.807, 2.05) is 13.8 Å². The highest BCUT2D eigenvalue weighted by Crippen LogP contribution is 2.25. The third kappa shape index (κ3) is 8.04. The van der Waals surface area contributed by atoms with Gasteiger partial charge in [-0.15, -0.1) is 0 Å². The number of carbonyl (C=O) groups is 2. The highest BCUT2D eigenvalue weighted by Gasteiger charge is 2.34. The van der Waals surface area contributed by atoms with Gasteiger partial charge >= 0.3 is 10.2 Å². The Kier molecular flexibility index (Phi) is 11.2. The van der Waals surface area contributed by atoms with Gasteiger partial charge in [-0.25, -0.2) is 8.70 Å². The Morgan fingerprint density at radius 2 is 1.65 bits per heavy atom. The molecule has 37 heavy (non-hydrogen) atoms. The van der Waals surface area contributed by atoms with Crippen molar-refractivity contribution in [1.29, 1.82) is 0 Å². The molecule has 0 bridgehead atoms. The number of carbonyl (C=O) groups excluding carboxylic acids is 2. The molecule has 0 aliphatic carbocycles. The van der Waals surface area contributed by atoms with Gasteiger partial charge in [-0.05, 0) is 61.7 Å². The summed E-state index contributed by atoms with van der Waals surface area (Å²) in [5.41, 5.74) is 0.642. The van der Waals surface area contributed by atoms with E-state index in [2.05, 4.69) is 5.32 Å². The molecule has 0 saturated carbocycles. The molecule has 2 aromatic rings. The van der Waals surface area contributed by atoms with E-state index in [0.717, 1.165) is 20.7 Å². The molecule has 0 radical (unpaired) electrons. The molecule has 2 amide bonds. The van der Waals surface area contributed by atoms with Crippen molar-refractivity contribution in [3.8, 4) is 0 Å². The molecule has 1 N–H and O–H groups in total. The smallest absolute Gasteiger partial charge is 0.304 e. The minimum Gasteiger partial charge on any atom is -0.352 e. The summed E-state index contributed by atoms with van der Waals surface area (Å²) in [7, 11) is -1.48. The number of nitrogens with one attached hydrogen (secondary N) is 1. The molecule has 0 fully saturated rings. The van der Waals surface area contributed by atoms with Gasteiger partial charge in [-0.3, -0.25) is 9.59 Å². The molecular weight excluding hydrogens is 542 g/mol. The second-order valence-corrected chi connectivity index (χ2v) is 11.7. The van der Waals surface area contributed by atoms with Gasteiger partial charge in [0.15, 0.2) is 0 Å². The number of hydrogen-bond donors (Lipinski definition) is 1. The van der Waals surface area contributed by atoms with Crippen LogP contribution in [0.25, 0.3) is 0 Å². The normalized spacial score (nSPS) is 13.2. The fourth-order valence-electron chi connectivity index (χ4n) is 3.52. The molecule has 0 aliphatic heterocycles. The third-order valence-corrected chi connectivity index (χ3v) is 8.28. The van der Waals surface area contributed by atoms with Crippen molar-refractivity contribution in [2.45, 2.75) is 52.2 Å². The quantitative estimate of drug-likeness (QED) is 0.405. The molecule has 0 saturated heterocycles. The standard InChI is InChI=1S/C25H33Cl2FN4O4S/c1-6-17(3)29-25(34)23(7-2)31(15-18-8-9-19(26)14-22(18)27)24(33)16-32(37(35,36)30(4)5)21-12-10-20(28)11-13-21/h8-14,17,23H,6-7,15-16H2,1-5H3,(H,29,34)/t17-,23+/m1/s1. The van der Waals surface area contributed by atoms with Crippen LogP contribution < -0.4 is 9.62 Å². The minimum atomic E-state index is -4.14. The molecule has 0 aliphatic rings. The van der Waals surface area contributed by atoms with Crippen molar-refractivity contribution in [2.24, 2.45) is 0 Å². The molecule has 8 nitrogen and oxygen atoms in total. The van der Waals surface area contributed by atoms with Crippen LogP contribution in [0.15, 0.2) is 42.5 Å². The van der Waals surface area contributed by atoms with E-state index in [9.17, 15) is 22.4 Å². The summed E-state index contributed by atoms with van der Waals surface area (Å²) in [6, 6.07) is 8.55. The Hall–Kier alpha value is -2.40. The first-order chi connectivity index (χ1) is 17.3. The lowest BCUT2D eigenvalue weighted by atomic mass is 10.1. The molecular formula is C25H33Cl2FN4O4S. The van der Waals surface area contributed by atoms with E-state index < -0.39 is 34.5 Å². The summed E-state index contributed by atoms with van der Waals surface area (Å²) in [6.07, 6.45) is 0.967. The number of hydrogen-bond acceptors (Lipinski definition) is 4. The fraction of sp³-hybridized carbons (Fsp3) is 0.440. The van der Waals surface area contributed by atoms with Crippen LogP contribution in [0, 0.1) is 5.82 Å². The van der Waals surface area contributed by atoms with Gasteiger partial charge in [0, 0.05) is 36.7 Å². The second-order valence-electron chi connectivity index (χ2n) is 8.77. The summed E-state index contributed by atoms with van der Waals surface area (Å²) in [6.45, 7) is 4.87. The molecule has 0 unspecified atom stereocenters. The van der Waals surface area contributed by atoms with Crippen LogP contribution in [0.5, 0.6) is 0 Å². The Morgan fingerprint density at radius 1 is 1.03 bits per heavy atom. The van der Waals surface area contributed by atoms with E-state index in [1.54, 1.807) is 19.1 Å². The van der Waals surface area contributed by atoms with Crippen LogP contribution in [0.1, 0.15) is 39.2 Å². The van der Waals surface area contributed by atoms with Gasteiger partial charge in [0.25, 0.3) is 0 Å². The van der Waals surface area contributed by atoms with Crippen molar-refractivity contribution in [3.63, 3.8) is 0 Å². The predicted molar refractivity (Wildman–Crippen MR) is 145 cm³/mol. The molecule has 2 rings (SSSR count). The maximum atomic E-state index is 13.8. The zero-order chi connectivity index (χ0) is 27.9. The molecule has 0 aromatic heterocycles. The first-order valence-electron chi connectivity index (χ1n) is 11.8. The molecule has 0 spiro atoms. The number of halogens is 3. The van der Waals surface area contributed by atoms with Crippen molar-refractivity contribution < 1.29 is 22.4 Å². The van der Waals surface area contributed by atoms with Gasteiger partial charge in [0.2, 0.25) is 11.8 Å². The van der Waals surface area contributed by atoms with Crippen LogP contribution in [-0.4, -0.2) is 62.2 Å². The summed E-state index contributed by atoms with van der Waals surface area (Å²) in [4.78, 5) is 28.3. The SMILES string of the molecule is CC[C@@H](C)NC(=O)[C@H](CC)N(Cc1ccc(Cl)cc1Cl)C(=O)CN(c1ccc(F)cc1)S(=O)(=O)N(C)C. The lowest BCUT2D eigenvalue weighted by Gasteiger charge is -2.34. The first kappa shape index (κ1) is 30.8. The Balaban J connectivity index is 2.53. The van der Waals surface area contributed by atoms with Crippen molar-refractivity contribution in [3.05, 3.63) is 63.9 Å². The highest BCUT2D eigenvalue weighted by atomic mass is 35.5. The van der Waals surface area contributed by atoms with Crippen molar-refractivity contribution in [1.82, 2.24) is 14.5 Å². The van der Waals surface area contributed by atoms with Gasteiger partial charge in [0.1, 0.15) is 18.4 Å². The Bertz CT molecular complexity index is 1200. The number of anilines is 1. The zero-order valence-corrected chi connectivity index (χ0v) is 23.9. The summed E-state index contributed by atoms with van der Waals surface area (Å²) >= 11 is 12.4. The minimum absolute atomic E-state index is 0.0550. The Morgan fingerprint density at radius 3 is 2.16 bits per heavy atom. The predicted octanol–water partition coefficient (Wildman–Crippen LogP) is 4.47. The average molecular weight is 576 g/mol. The van der Waals surface area contributed by atoms with Crippen LogP contribution in [0.4, 0.5) is 10.1 Å². The summed E-state index contributed by atoms with van der Waals surface area (Å²) < 4.78 is 41.7. The monoisotopic (exact) mass is 574 g/mol. The van der Waals surface area contributed by atoms with Crippen LogP contribution in [-0.2, 0) is 26.3 Å². The van der Waals surface area contributed by atoms with E-state index in [0.29, 0.717) is 22.0 Å². The van der Waals surface area contributed by atoms with Crippen LogP contribution in [0.2, 0.25) is 10.0 Å². The third-order valence-electron chi connectivity index (χ3n) is 5.88. The van der Waals surface area contributed by atoms with Crippen LogP contribution in [0.3, 0.4) is 0 Å². The fourth-order valence-corrected chi connectivity index (χ4v) is 5.04. The van der Waals surface area contributed by atoms with E-state index in [-0.39, 0.29) is 30.6 Å². The van der Waals surface area contributed by atoms with E-state index in [1.165, 1.54) is 37.2 Å². The largest absolute Gasteiger partial charge is 0.352 e. The van der Waals surface area contributed by atoms with Gasteiger partial charge in [-0.2, -0.15) is 12.7 Å². The number of nitrogens with zero attached hydrogens (tertiary/aromatic N) is 3. The van der Waals surface area contributed by atoms with E-state index in [4.69, 9.17) is 23.2 Å². The van der Waals surface area contributed by atoms with Crippen molar-refractivity contribution in [2.75, 3.05) is 24.9 Å². The molecule has 0 heterocycles. The maximum Gasteiger partial charge on any atom is 0.304 e. The van der Waals surface area contributed by atoms with Crippen LogP contribution >= 0.6 is 23.2 Å². The lowest BCUT2D eigenvalue weighted by molar-refractivity contribution is -0.140. The number of rotatable bonds is 12. The first-order valence-corrected chi connectivity index (χ1v) is 14.0. The van der Waals surface area contributed by atoms with Gasteiger partial charge in [0.05, 0.1) is 5.69 Å². The topological polar surface area (TPSA) is 90.0 Å². The summed E-state index contributed by atoms with van der Waals surface area (Å²) in [5, 5.41) is 3.61. The highest BCUT2D eigenvalue weighted by molar-refractivity contribution is 7.90. The number of benzene rings is 2. The summed E-state index contributed by atoms with van der Waals surface area (Å²) in [5.74, 6) is -1.55. The van der Waals surface area contributed by atoms with Gasteiger partial charge in [-0.1, -0.05) is 43.1 Å².